The summed E-state index contributed by atoms with van der Waals surface area (Å²) < 4.78 is 0. The Balaban J connectivity index is 2.32. The number of benzene rings is 2. The first-order valence-corrected chi connectivity index (χ1v) is 5.86. The molecule has 0 unspecified atom stereocenters. The molecule has 0 saturated carbocycles. The summed E-state index contributed by atoms with van der Waals surface area (Å²) in [4.78, 5) is 0. The molecule has 0 fully saturated rings. The molecule has 0 nitrogen and oxygen atoms in total. The lowest BCUT2D eigenvalue weighted by molar-refractivity contribution is 0.690. The summed E-state index contributed by atoms with van der Waals surface area (Å²) in [7, 11) is 0. The molecule has 0 aliphatic heterocycles. The molecule has 1 aliphatic carbocycles. The third-order valence-electron chi connectivity index (χ3n) is 3.51. The van der Waals surface area contributed by atoms with Crippen molar-refractivity contribution in [1.29, 1.82) is 0 Å². The molecule has 2 aromatic carbocycles. The molecule has 0 bridgehead atoms. The fraction of sp³-hybridized carbons (Fsp3) is 0.333. The van der Waals surface area contributed by atoms with Crippen LogP contribution in [0.25, 0.3) is 10.8 Å². The van der Waals surface area contributed by atoms with Gasteiger partial charge < -0.3 is 0 Å². The molecule has 0 heterocycles. The van der Waals surface area contributed by atoms with Gasteiger partial charge in [0.25, 0.3) is 0 Å². The average molecular weight is 196 g/mol. The lowest BCUT2D eigenvalue weighted by Gasteiger charge is -2.18. The fourth-order valence-corrected chi connectivity index (χ4v) is 2.71. The molecule has 0 heteroatoms. The monoisotopic (exact) mass is 196 g/mol. The first kappa shape index (κ1) is 8.96. The molecule has 1 aliphatic rings. The summed E-state index contributed by atoms with van der Waals surface area (Å²) in [6.07, 6.45) is 5.28. The summed E-state index contributed by atoms with van der Waals surface area (Å²) in [6, 6.07) is 11.4. The van der Waals surface area contributed by atoms with Gasteiger partial charge in [-0.2, -0.15) is 0 Å². The van der Waals surface area contributed by atoms with Gasteiger partial charge in [-0.15, -0.1) is 0 Å². The van der Waals surface area contributed by atoms with Gasteiger partial charge in [-0.25, -0.2) is 0 Å². The van der Waals surface area contributed by atoms with Gasteiger partial charge in [0.2, 0.25) is 0 Å². The summed E-state index contributed by atoms with van der Waals surface area (Å²) >= 11 is 0. The van der Waals surface area contributed by atoms with Crippen molar-refractivity contribution < 1.29 is 0 Å². The van der Waals surface area contributed by atoms with Crippen LogP contribution in [0.15, 0.2) is 30.3 Å². The molecule has 0 spiro atoms. The van der Waals surface area contributed by atoms with E-state index in [0.29, 0.717) is 0 Å². The van der Waals surface area contributed by atoms with Crippen LogP contribution in [-0.4, -0.2) is 0 Å². The Morgan fingerprint density at radius 2 is 1.80 bits per heavy atom. The molecule has 2 aromatic rings. The highest BCUT2D eigenvalue weighted by molar-refractivity contribution is 5.87. The quantitative estimate of drug-likeness (QED) is 0.597. The molecule has 76 valence electrons. The van der Waals surface area contributed by atoms with Crippen molar-refractivity contribution in [3.05, 3.63) is 47.0 Å². The summed E-state index contributed by atoms with van der Waals surface area (Å²) in [5, 5.41) is 2.90. The van der Waals surface area contributed by atoms with E-state index in [1.165, 1.54) is 42.0 Å². The number of rotatable bonds is 0. The van der Waals surface area contributed by atoms with Crippen LogP contribution in [0.5, 0.6) is 0 Å². The number of hydrogen-bond acceptors (Lipinski definition) is 0. The molecule has 0 saturated heterocycles. The normalized spacial score (nSPS) is 15.3. The first-order chi connectivity index (χ1) is 7.34. The van der Waals surface area contributed by atoms with Gasteiger partial charge in [-0.1, -0.05) is 35.9 Å². The second kappa shape index (κ2) is 3.37. The zero-order valence-corrected chi connectivity index (χ0v) is 9.22. The third-order valence-corrected chi connectivity index (χ3v) is 3.51. The summed E-state index contributed by atoms with van der Waals surface area (Å²) in [5.41, 5.74) is 4.55. The van der Waals surface area contributed by atoms with Gasteiger partial charge in [0.1, 0.15) is 0 Å². The van der Waals surface area contributed by atoms with E-state index in [1.54, 1.807) is 11.1 Å². The molecule has 3 rings (SSSR count). The van der Waals surface area contributed by atoms with Crippen LogP contribution in [0.4, 0.5) is 0 Å². The highest BCUT2D eigenvalue weighted by Crippen LogP contribution is 2.29. The van der Waals surface area contributed by atoms with Crippen LogP contribution in [0.2, 0.25) is 0 Å². The van der Waals surface area contributed by atoms with Crippen LogP contribution in [-0.2, 0) is 12.8 Å². The minimum atomic E-state index is 1.27. The van der Waals surface area contributed by atoms with Gasteiger partial charge in [0.15, 0.2) is 0 Å². The number of hydrogen-bond donors (Lipinski definition) is 0. The van der Waals surface area contributed by atoms with E-state index in [0.717, 1.165) is 0 Å². The molecule has 0 N–H and O–H groups in total. The van der Waals surface area contributed by atoms with Crippen molar-refractivity contribution in [1.82, 2.24) is 0 Å². The molecule has 15 heavy (non-hydrogen) atoms. The van der Waals surface area contributed by atoms with E-state index in [2.05, 4.69) is 37.3 Å². The van der Waals surface area contributed by atoms with Crippen molar-refractivity contribution in [2.45, 2.75) is 32.6 Å². The van der Waals surface area contributed by atoms with Crippen LogP contribution in [0, 0.1) is 6.92 Å². The molecular weight excluding hydrogens is 180 g/mol. The largest absolute Gasteiger partial charge is 0.0587 e. The lowest BCUT2D eigenvalue weighted by atomic mass is 9.87. The first-order valence-electron chi connectivity index (χ1n) is 5.86. The topological polar surface area (TPSA) is 0 Å². The van der Waals surface area contributed by atoms with Crippen LogP contribution in [0.3, 0.4) is 0 Å². The highest BCUT2D eigenvalue weighted by Gasteiger charge is 2.11. The zero-order chi connectivity index (χ0) is 10.3. The highest BCUT2D eigenvalue weighted by atomic mass is 14.2. The van der Waals surface area contributed by atoms with E-state index in [9.17, 15) is 0 Å². The van der Waals surface area contributed by atoms with Crippen molar-refractivity contribution >= 4 is 10.8 Å². The second-order valence-corrected chi connectivity index (χ2v) is 4.63. The van der Waals surface area contributed by atoms with E-state index >= 15 is 0 Å². The fourth-order valence-electron chi connectivity index (χ4n) is 2.71. The molecule has 0 atom stereocenters. The van der Waals surface area contributed by atoms with Gasteiger partial charge in [0, 0.05) is 0 Å². The summed E-state index contributed by atoms with van der Waals surface area (Å²) in [6.45, 7) is 2.17. The van der Waals surface area contributed by atoms with E-state index < -0.39 is 0 Å². The Morgan fingerprint density at radius 3 is 2.73 bits per heavy atom. The maximum absolute atomic E-state index is 2.33. The van der Waals surface area contributed by atoms with Crippen LogP contribution >= 0.6 is 0 Å². The maximum atomic E-state index is 2.33. The van der Waals surface area contributed by atoms with E-state index in [-0.39, 0.29) is 0 Å². The molecule has 0 aromatic heterocycles. The van der Waals surface area contributed by atoms with Gasteiger partial charge in [-0.3, -0.25) is 0 Å². The van der Waals surface area contributed by atoms with E-state index in [1.807, 2.05) is 0 Å². The predicted molar refractivity (Wildman–Crippen MR) is 65.3 cm³/mol. The Labute approximate surface area is 90.9 Å². The third kappa shape index (κ3) is 1.45. The smallest absolute Gasteiger partial charge is 0.0149 e. The van der Waals surface area contributed by atoms with Gasteiger partial charge in [0.05, 0.1) is 0 Å². The van der Waals surface area contributed by atoms with Crippen LogP contribution < -0.4 is 0 Å². The van der Waals surface area contributed by atoms with Crippen molar-refractivity contribution in [2.24, 2.45) is 0 Å². The average Bonchev–Trinajstić information content (AvgIpc) is 2.28. The van der Waals surface area contributed by atoms with E-state index in [4.69, 9.17) is 0 Å². The minimum Gasteiger partial charge on any atom is -0.0587 e. The van der Waals surface area contributed by atoms with Crippen LogP contribution in [0.1, 0.15) is 29.5 Å². The van der Waals surface area contributed by atoms with Crippen molar-refractivity contribution in [2.75, 3.05) is 0 Å². The number of fused-ring (bicyclic) bond motifs is 3. The maximum Gasteiger partial charge on any atom is -0.0149 e. The Kier molecular flexibility index (Phi) is 2.02. The van der Waals surface area contributed by atoms with Gasteiger partial charge in [-0.05, 0) is 54.5 Å². The SMILES string of the molecule is Cc1ccc2c3c(ccc2c1)CCCC3. The molecular formula is C15H16. The summed E-state index contributed by atoms with van der Waals surface area (Å²) in [5.74, 6) is 0. The van der Waals surface area contributed by atoms with Crippen molar-refractivity contribution in [3.8, 4) is 0 Å². The second-order valence-electron chi connectivity index (χ2n) is 4.63. The molecule has 0 radical (unpaired) electrons. The predicted octanol–water partition coefficient (Wildman–Crippen LogP) is 4.03. The Morgan fingerprint density at radius 1 is 0.933 bits per heavy atom. The standard InChI is InChI=1S/C15H16/c1-11-6-9-15-13(10-11)8-7-12-4-2-3-5-14(12)15/h6-10H,2-5H2,1H3. The zero-order valence-electron chi connectivity index (χ0n) is 9.22. The number of aryl methyl sites for hydroxylation is 3. The Bertz CT molecular complexity index is 509. The van der Waals surface area contributed by atoms with Crippen molar-refractivity contribution in [3.63, 3.8) is 0 Å². The molecule has 0 amide bonds. The Hall–Kier alpha value is -1.30. The van der Waals surface area contributed by atoms with Gasteiger partial charge >= 0.3 is 0 Å². The minimum absolute atomic E-state index is 1.27. The lowest BCUT2D eigenvalue weighted by Crippen LogP contribution is -2.02.